The SMILES string of the molecule is O=C(Cc1ccccc1)N1C[C@H](O)[C@@H](O)[C@H](O)[C@H]1CO. The molecule has 1 amide bonds. The van der Waals surface area contributed by atoms with E-state index in [4.69, 9.17) is 0 Å². The number of β-amino-alcohol motifs (C(OH)–C–C–N with tert-alkyl or cyclic N) is 1. The van der Waals surface area contributed by atoms with Gasteiger partial charge in [-0.05, 0) is 5.56 Å². The van der Waals surface area contributed by atoms with Gasteiger partial charge in [0.25, 0.3) is 0 Å². The fourth-order valence-corrected chi connectivity index (χ4v) is 2.45. The Morgan fingerprint density at radius 2 is 1.80 bits per heavy atom. The molecule has 0 unspecified atom stereocenters. The zero-order valence-corrected chi connectivity index (χ0v) is 11.0. The van der Waals surface area contributed by atoms with Gasteiger partial charge in [0.2, 0.25) is 5.91 Å². The summed E-state index contributed by atoms with van der Waals surface area (Å²) in [7, 11) is 0. The normalized spacial score (nSPS) is 30.3. The van der Waals surface area contributed by atoms with E-state index in [1.807, 2.05) is 18.2 Å². The van der Waals surface area contributed by atoms with E-state index in [1.165, 1.54) is 4.90 Å². The van der Waals surface area contributed by atoms with Crippen molar-refractivity contribution in [3.63, 3.8) is 0 Å². The topological polar surface area (TPSA) is 101 Å². The minimum atomic E-state index is -1.36. The summed E-state index contributed by atoms with van der Waals surface area (Å²) in [6.07, 6.45) is -3.81. The molecule has 0 saturated carbocycles. The van der Waals surface area contributed by atoms with Crippen molar-refractivity contribution in [2.24, 2.45) is 0 Å². The zero-order chi connectivity index (χ0) is 14.7. The predicted molar refractivity (Wildman–Crippen MR) is 70.8 cm³/mol. The number of carbonyl (C=O) groups is 1. The fraction of sp³-hybridized carbons (Fsp3) is 0.500. The monoisotopic (exact) mass is 281 g/mol. The number of hydrogen-bond acceptors (Lipinski definition) is 5. The second-order valence-corrected chi connectivity index (χ2v) is 5.01. The molecule has 4 atom stereocenters. The van der Waals surface area contributed by atoms with Gasteiger partial charge in [0.1, 0.15) is 18.3 Å². The van der Waals surface area contributed by atoms with E-state index < -0.39 is 31.0 Å². The molecule has 0 bridgehead atoms. The zero-order valence-electron chi connectivity index (χ0n) is 11.0. The molecule has 1 aromatic rings. The van der Waals surface area contributed by atoms with Crippen molar-refractivity contribution >= 4 is 5.91 Å². The summed E-state index contributed by atoms with van der Waals surface area (Å²) < 4.78 is 0. The van der Waals surface area contributed by atoms with Crippen LogP contribution in [0.25, 0.3) is 0 Å². The Labute approximate surface area is 116 Å². The minimum Gasteiger partial charge on any atom is -0.394 e. The second kappa shape index (κ2) is 6.32. The first kappa shape index (κ1) is 14.9. The number of likely N-dealkylation sites (tertiary alicyclic amines) is 1. The van der Waals surface area contributed by atoms with Crippen molar-refractivity contribution < 1.29 is 25.2 Å². The highest BCUT2D eigenvalue weighted by atomic mass is 16.4. The highest BCUT2D eigenvalue weighted by Crippen LogP contribution is 2.20. The molecule has 6 nitrogen and oxygen atoms in total. The van der Waals surface area contributed by atoms with Gasteiger partial charge in [0, 0.05) is 6.54 Å². The number of aliphatic hydroxyl groups excluding tert-OH is 4. The summed E-state index contributed by atoms with van der Waals surface area (Å²) in [5.41, 5.74) is 0.810. The Bertz CT molecular complexity index is 452. The molecule has 4 N–H and O–H groups in total. The molecule has 6 heteroatoms. The van der Waals surface area contributed by atoms with Crippen molar-refractivity contribution in [2.75, 3.05) is 13.2 Å². The molecule has 1 fully saturated rings. The highest BCUT2D eigenvalue weighted by molar-refractivity contribution is 5.79. The Balaban J connectivity index is 2.11. The van der Waals surface area contributed by atoms with Crippen LogP contribution >= 0.6 is 0 Å². The quantitative estimate of drug-likeness (QED) is 0.541. The Morgan fingerprint density at radius 3 is 2.40 bits per heavy atom. The molecule has 2 rings (SSSR count). The molecule has 1 aromatic carbocycles. The smallest absolute Gasteiger partial charge is 0.227 e. The molecule has 1 aliphatic rings. The number of piperidine rings is 1. The first-order valence-corrected chi connectivity index (χ1v) is 6.53. The molecule has 20 heavy (non-hydrogen) atoms. The molecule has 0 aliphatic carbocycles. The fourth-order valence-electron chi connectivity index (χ4n) is 2.45. The van der Waals surface area contributed by atoms with E-state index in [-0.39, 0.29) is 18.9 Å². The summed E-state index contributed by atoms with van der Waals surface area (Å²) in [5.74, 6) is -0.305. The largest absolute Gasteiger partial charge is 0.394 e. The van der Waals surface area contributed by atoms with Gasteiger partial charge in [0.15, 0.2) is 0 Å². The number of rotatable bonds is 3. The maximum Gasteiger partial charge on any atom is 0.227 e. The van der Waals surface area contributed by atoms with Gasteiger partial charge >= 0.3 is 0 Å². The third kappa shape index (κ3) is 2.99. The van der Waals surface area contributed by atoms with Crippen LogP contribution in [0.5, 0.6) is 0 Å². The minimum absolute atomic E-state index is 0.102. The van der Waals surface area contributed by atoms with E-state index in [0.717, 1.165) is 5.56 Å². The van der Waals surface area contributed by atoms with Crippen molar-refractivity contribution in [1.29, 1.82) is 0 Å². The van der Waals surface area contributed by atoms with Crippen LogP contribution in [0.2, 0.25) is 0 Å². The number of benzene rings is 1. The first-order valence-electron chi connectivity index (χ1n) is 6.53. The van der Waals surface area contributed by atoms with E-state index >= 15 is 0 Å². The van der Waals surface area contributed by atoms with Crippen LogP contribution < -0.4 is 0 Å². The highest BCUT2D eigenvalue weighted by Gasteiger charge is 2.42. The van der Waals surface area contributed by atoms with E-state index in [2.05, 4.69) is 0 Å². The Kier molecular flexibility index (Phi) is 4.72. The predicted octanol–water partition coefficient (Wildman–Crippen LogP) is -1.49. The molecule has 0 spiro atoms. The van der Waals surface area contributed by atoms with Crippen LogP contribution in [0.1, 0.15) is 5.56 Å². The second-order valence-electron chi connectivity index (χ2n) is 5.01. The lowest BCUT2D eigenvalue weighted by Crippen LogP contribution is -2.64. The molecule has 0 aromatic heterocycles. The molecular formula is C14H19NO5. The van der Waals surface area contributed by atoms with Crippen LogP contribution in [-0.4, -0.2) is 68.7 Å². The lowest BCUT2D eigenvalue weighted by atomic mass is 9.93. The number of amides is 1. The Hall–Kier alpha value is -1.47. The summed E-state index contributed by atoms with van der Waals surface area (Å²) in [4.78, 5) is 13.5. The summed E-state index contributed by atoms with van der Waals surface area (Å²) >= 11 is 0. The van der Waals surface area contributed by atoms with Crippen LogP contribution in [-0.2, 0) is 11.2 Å². The summed E-state index contributed by atoms with van der Waals surface area (Å²) in [6.45, 7) is -0.569. The van der Waals surface area contributed by atoms with Gasteiger partial charge in [0.05, 0.1) is 19.1 Å². The lowest BCUT2D eigenvalue weighted by Gasteiger charge is -2.43. The maximum absolute atomic E-state index is 12.2. The van der Waals surface area contributed by atoms with E-state index in [0.29, 0.717) is 0 Å². The van der Waals surface area contributed by atoms with Gasteiger partial charge in [-0.25, -0.2) is 0 Å². The van der Waals surface area contributed by atoms with Gasteiger partial charge in [-0.2, -0.15) is 0 Å². The number of aliphatic hydroxyl groups is 4. The number of nitrogens with zero attached hydrogens (tertiary/aromatic N) is 1. The third-order valence-electron chi connectivity index (χ3n) is 3.63. The summed E-state index contributed by atoms with van der Waals surface area (Å²) in [5, 5.41) is 38.4. The van der Waals surface area contributed by atoms with Gasteiger partial charge in [-0.15, -0.1) is 0 Å². The van der Waals surface area contributed by atoms with Crippen LogP contribution in [0.15, 0.2) is 30.3 Å². The molecule has 110 valence electrons. The average Bonchev–Trinajstić information content (AvgIpc) is 2.45. The Morgan fingerprint density at radius 1 is 1.15 bits per heavy atom. The van der Waals surface area contributed by atoms with E-state index in [9.17, 15) is 25.2 Å². The standard InChI is InChI=1S/C14H19NO5/c16-8-10-13(19)14(20)11(17)7-15(10)12(18)6-9-4-2-1-3-5-9/h1-5,10-11,13-14,16-17,19-20H,6-8H2/t10-,11+,13-,14-/m1/s1. The molecule has 0 radical (unpaired) electrons. The lowest BCUT2D eigenvalue weighted by molar-refractivity contribution is -0.165. The maximum atomic E-state index is 12.2. The average molecular weight is 281 g/mol. The van der Waals surface area contributed by atoms with Crippen LogP contribution in [0, 0.1) is 0 Å². The number of hydrogen-bond donors (Lipinski definition) is 4. The van der Waals surface area contributed by atoms with Gasteiger partial charge < -0.3 is 25.3 Å². The molecule has 1 heterocycles. The van der Waals surface area contributed by atoms with Gasteiger partial charge in [-0.3, -0.25) is 4.79 Å². The van der Waals surface area contributed by atoms with Crippen LogP contribution in [0.3, 0.4) is 0 Å². The van der Waals surface area contributed by atoms with Crippen LogP contribution in [0.4, 0.5) is 0 Å². The van der Waals surface area contributed by atoms with Crippen molar-refractivity contribution in [3.05, 3.63) is 35.9 Å². The first-order chi connectivity index (χ1) is 9.54. The third-order valence-corrected chi connectivity index (χ3v) is 3.63. The molecule has 1 aliphatic heterocycles. The molecular weight excluding hydrogens is 262 g/mol. The van der Waals surface area contributed by atoms with Crippen molar-refractivity contribution in [3.8, 4) is 0 Å². The van der Waals surface area contributed by atoms with Crippen molar-refractivity contribution in [1.82, 2.24) is 4.90 Å². The summed E-state index contributed by atoms with van der Waals surface area (Å²) in [6, 6.07) is 8.18. The molecule has 1 saturated heterocycles. The number of carbonyl (C=O) groups excluding carboxylic acids is 1. The van der Waals surface area contributed by atoms with Gasteiger partial charge in [-0.1, -0.05) is 30.3 Å². The van der Waals surface area contributed by atoms with E-state index in [1.54, 1.807) is 12.1 Å². The van der Waals surface area contributed by atoms with Crippen molar-refractivity contribution in [2.45, 2.75) is 30.8 Å².